The summed E-state index contributed by atoms with van der Waals surface area (Å²) in [5.74, 6) is 2.37. The van der Waals surface area contributed by atoms with E-state index in [2.05, 4.69) is 0 Å². The van der Waals surface area contributed by atoms with Gasteiger partial charge in [-0.2, -0.15) is 0 Å². The predicted octanol–water partition coefficient (Wildman–Crippen LogP) is 3.37. The molecule has 3 rings (SSSR count). The fourth-order valence-electron chi connectivity index (χ4n) is 3.38. The Morgan fingerprint density at radius 1 is 0.818 bits per heavy atom. The molecule has 0 aromatic carbocycles. The Balaban J connectivity index is 1.55. The maximum absolute atomic E-state index is 1.62. The van der Waals surface area contributed by atoms with Gasteiger partial charge in [-0.1, -0.05) is 25.7 Å². The van der Waals surface area contributed by atoms with Crippen LogP contribution in [0.2, 0.25) is 0 Å². The molecule has 3 aliphatic rings. The van der Waals surface area contributed by atoms with Crippen molar-refractivity contribution >= 4 is 0 Å². The first-order valence-corrected chi connectivity index (χ1v) is 5.38. The first-order valence-electron chi connectivity index (χ1n) is 5.38. The summed E-state index contributed by atoms with van der Waals surface area (Å²) in [6.45, 7) is 0. The summed E-state index contributed by atoms with van der Waals surface area (Å²) in [7, 11) is 0. The van der Waals surface area contributed by atoms with Crippen molar-refractivity contribution in [3.05, 3.63) is 0 Å². The van der Waals surface area contributed by atoms with Gasteiger partial charge < -0.3 is 0 Å². The molecule has 0 N–H and O–H groups in total. The van der Waals surface area contributed by atoms with Gasteiger partial charge >= 0.3 is 0 Å². The maximum Gasteiger partial charge on any atom is -0.0292 e. The van der Waals surface area contributed by atoms with Gasteiger partial charge in [0.1, 0.15) is 0 Å². The van der Waals surface area contributed by atoms with E-state index in [4.69, 9.17) is 0 Å². The standard InChI is InChI=1S/C11H18/c1-3-9(4-1)10-7-11(8-10)5-2-6-11/h9-10H,1-8H2. The highest BCUT2D eigenvalue weighted by molar-refractivity contribution is 5.01. The molecule has 3 aliphatic carbocycles. The summed E-state index contributed by atoms with van der Waals surface area (Å²) in [6.07, 6.45) is 12.6. The highest BCUT2D eigenvalue weighted by Crippen LogP contribution is 2.62. The quantitative estimate of drug-likeness (QED) is 0.537. The fourth-order valence-corrected chi connectivity index (χ4v) is 3.38. The van der Waals surface area contributed by atoms with Crippen LogP contribution in [0.1, 0.15) is 51.4 Å². The molecule has 0 atom stereocenters. The molecule has 0 bridgehead atoms. The lowest BCUT2D eigenvalue weighted by Gasteiger charge is -2.58. The second-order valence-corrected chi connectivity index (χ2v) is 5.21. The van der Waals surface area contributed by atoms with E-state index in [9.17, 15) is 0 Å². The molecule has 3 saturated carbocycles. The van der Waals surface area contributed by atoms with Gasteiger partial charge in [0.2, 0.25) is 0 Å². The van der Waals surface area contributed by atoms with Gasteiger partial charge in [-0.25, -0.2) is 0 Å². The van der Waals surface area contributed by atoms with E-state index in [0.29, 0.717) is 0 Å². The summed E-state index contributed by atoms with van der Waals surface area (Å²) in [6, 6.07) is 0. The topological polar surface area (TPSA) is 0 Å². The van der Waals surface area contributed by atoms with Crippen LogP contribution in [0, 0.1) is 17.3 Å². The lowest BCUT2D eigenvalue weighted by Crippen LogP contribution is -2.46. The van der Waals surface area contributed by atoms with Crippen LogP contribution < -0.4 is 0 Å². The monoisotopic (exact) mass is 150 g/mol. The Morgan fingerprint density at radius 2 is 1.55 bits per heavy atom. The highest BCUT2D eigenvalue weighted by atomic mass is 14.6. The average molecular weight is 150 g/mol. The lowest BCUT2D eigenvalue weighted by molar-refractivity contribution is -0.0655. The van der Waals surface area contributed by atoms with E-state index in [1.54, 1.807) is 38.5 Å². The van der Waals surface area contributed by atoms with E-state index in [1.807, 2.05) is 0 Å². The van der Waals surface area contributed by atoms with Crippen molar-refractivity contribution in [3.63, 3.8) is 0 Å². The molecule has 0 nitrogen and oxygen atoms in total. The molecule has 11 heavy (non-hydrogen) atoms. The van der Waals surface area contributed by atoms with Gasteiger partial charge in [0.05, 0.1) is 0 Å². The molecule has 0 amide bonds. The van der Waals surface area contributed by atoms with Crippen LogP contribution in [0.3, 0.4) is 0 Å². The molecular weight excluding hydrogens is 132 g/mol. The normalized spacial score (nSPS) is 36.0. The van der Waals surface area contributed by atoms with E-state index < -0.39 is 0 Å². The van der Waals surface area contributed by atoms with Gasteiger partial charge in [0, 0.05) is 0 Å². The summed E-state index contributed by atoms with van der Waals surface area (Å²) in [5.41, 5.74) is 0.931. The lowest BCUT2D eigenvalue weighted by atomic mass is 9.48. The average Bonchev–Trinajstić information content (AvgIpc) is 1.66. The van der Waals surface area contributed by atoms with Crippen LogP contribution in [0.5, 0.6) is 0 Å². The second-order valence-electron chi connectivity index (χ2n) is 5.21. The Kier molecular flexibility index (Phi) is 1.20. The first kappa shape index (κ1) is 6.51. The van der Waals surface area contributed by atoms with E-state index >= 15 is 0 Å². The van der Waals surface area contributed by atoms with Crippen LogP contribution in [0.25, 0.3) is 0 Å². The number of rotatable bonds is 1. The van der Waals surface area contributed by atoms with Gasteiger partial charge in [0.15, 0.2) is 0 Å². The van der Waals surface area contributed by atoms with Crippen LogP contribution in [-0.4, -0.2) is 0 Å². The Hall–Kier alpha value is 0. The van der Waals surface area contributed by atoms with Crippen LogP contribution in [0.15, 0.2) is 0 Å². The van der Waals surface area contributed by atoms with Gasteiger partial charge in [-0.15, -0.1) is 0 Å². The molecule has 0 aliphatic heterocycles. The van der Waals surface area contributed by atoms with Crippen molar-refractivity contribution < 1.29 is 0 Å². The summed E-state index contributed by atoms with van der Waals surface area (Å²) in [4.78, 5) is 0. The van der Waals surface area contributed by atoms with E-state index in [1.165, 1.54) is 24.7 Å². The molecule has 62 valence electrons. The third kappa shape index (κ3) is 0.816. The molecule has 3 fully saturated rings. The Labute approximate surface area is 69.4 Å². The third-order valence-corrected chi connectivity index (χ3v) is 4.62. The summed E-state index contributed by atoms with van der Waals surface area (Å²) < 4.78 is 0. The fraction of sp³-hybridized carbons (Fsp3) is 1.00. The molecule has 0 radical (unpaired) electrons. The first-order chi connectivity index (χ1) is 5.38. The molecule has 0 unspecified atom stereocenters. The molecule has 0 heteroatoms. The van der Waals surface area contributed by atoms with Crippen molar-refractivity contribution in [2.24, 2.45) is 17.3 Å². The second kappa shape index (κ2) is 2.02. The van der Waals surface area contributed by atoms with Crippen molar-refractivity contribution in [2.75, 3.05) is 0 Å². The van der Waals surface area contributed by atoms with Gasteiger partial charge in [0.25, 0.3) is 0 Å². The number of hydrogen-bond donors (Lipinski definition) is 0. The molecule has 0 heterocycles. The zero-order valence-electron chi connectivity index (χ0n) is 7.31. The van der Waals surface area contributed by atoms with Crippen LogP contribution >= 0.6 is 0 Å². The molecular formula is C11H18. The highest BCUT2D eigenvalue weighted by Gasteiger charge is 2.50. The largest absolute Gasteiger partial charge is 0.0528 e. The van der Waals surface area contributed by atoms with Crippen molar-refractivity contribution in [2.45, 2.75) is 51.4 Å². The molecule has 1 spiro atoms. The van der Waals surface area contributed by atoms with Crippen LogP contribution in [-0.2, 0) is 0 Å². The third-order valence-electron chi connectivity index (χ3n) is 4.62. The summed E-state index contributed by atoms with van der Waals surface area (Å²) >= 11 is 0. The zero-order chi connectivity index (χ0) is 7.31. The summed E-state index contributed by atoms with van der Waals surface area (Å²) in [5, 5.41) is 0. The minimum Gasteiger partial charge on any atom is -0.0528 e. The molecule has 0 aromatic heterocycles. The van der Waals surface area contributed by atoms with Crippen LogP contribution in [0.4, 0.5) is 0 Å². The van der Waals surface area contributed by atoms with E-state index in [0.717, 1.165) is 5.41 Å². The van der Waals surface area contributed by atoms with Gasteiger partial charge in [-0.3, -0.25) is 0 Å². The predicted molar refractivity (Wildman–Crippen MR) is 46.3 cm³/mol. The van der Waals surface area contributed by atoms with Gasteiger partial charge in [-0.05, 0) is 42.9 Å². The van der Waals surface area contributed by atoms with Crippen molar-refractivity contribution in [1.29, 1.82) is 0 Å². The minimum atomic E-state index is 0.931. The number of hydrogen-bond acceptors (Lipinski definition) is 0. The SMILES string of the molecule is C1CC(C2CC3(CCC3)C2)C1. The Bertz CT molecular complexity index is 155. The zero-order valence-corrected chi connectivity index (χ0v) is 7.31. The van der Waals surface area contributed by atoms with Crippen molar-refractivity contribution in [1.82, 2.24) is 0 Å². The molecule has 0 aromatic rings. The van der Waals surface area contributed by atoms with E-state index in [-0.39, 0.29) is 0 Å². The minimum absolute atomic E-state index is 0.931. The smallest absolute Gasteiger partial charge is 0.0292 e. The maximum atomic E-state index is 1.62. The molecule has 0 saturated heterocycles. The van der Waals surface area contributed by atoms with Crippen molar-refractivity contribution in [3.8, 4) is 0 Å². The Morgan fingerprint density at radius 3 is 1.91 bits per heavy atom.